The highest BCUT2D eigenvalue weighted by Crippen LogP contribution is 2.35. The summed E-state index contributed by atoms with van der Waals surface area (Å²) in [5.74, 6) is -0.457. The molecule has 0 aliphatic heterocycles. The van der Waals surface area contributed by atoms with Crippen molar-refractivity contribution in [1.82, 2.24) is 4.57 Å². The molecule has 0 unspecified atom stereocenters. The highest BCUT2D eigenvalue weighted by Gasteiger charge is 2.21. The maximum Gasteiger partial charge on any atom is 0.333 e. The molecule has 0 saturated carbocycles. The molecule has 0 radical (unpaired) electrons. The number of aromatic hydroxyl groups is 1. The summed E-state index contributed by atoms with van der Waals surface area (Å²) < 4.78 is 36.3. The molecule has 1 aromatic heterocycles. The first-order valence-electron chi connectivity index (χ1n) is 8.24. The van der Waals surface area contributed by atoms with Crippen LogP contribution in [-0.2, 0) is 16.8 Å². The quantitative estimate of drug-likeness (QED) is 0.483. The summed E-state index contributed by atoms with van der Waals surface area (Å²) in [5.41, 5.74) is -1.00. The van der Waals surface area contributed by atoms with E-state index in [9.17, 15) is 27.5 Å². The van der Waals surface area contributed by atoms with Gasteiger partial charge >= 0.3 is 10.2 Å². The van der Waals surface area contributed by atoms with Gasteiger partial charge in [-0.3, -0.25) is 9.36 Å². The van der Waals surface area contributed by atoms with E-state index >= 15 is 0 Å². The van der Waals surface area contributed by atoms with Crippen molar-refractivity contribution < 1.29 is 17.4 Å². The second kappa shape index (κ2) is 8.90. The van der Waals surface area contributed by atoms with Crippen molar-refractivity contribution in [2.24, 2.45) is 10.2 Å². The van der Waals surface area contributed by atoms with Crippen LogP contribution in [0.25, 0.3) is 0 Å². The van der Waals surface area contributed by atoms with Gasteiger partial charge in [-0.1, -0.05) is 36.5 Å². The Morgan fingerprint density at radius 2 is 1.93 bits per heavy atom. The number of halogens is 3. The number of unbranched alkanes of at least 4 members (excludes halogenated alkanes) is 1. The number of aromatic nitrogens is 1. The van der Waals surface area contributed by atoms with Gasteiger partial charge in [0.2, 0.25) is 5.88 Å². The van der Waals surface area contributed by atoms with Crippen LogP contribution >= 0.6 is 23.2 Å². The van der Waals surface area contributed by atoms with Gasteiger partial charge in [0.05, 0.1) is 10.0 Å². The van der Waals surface area contributed by atoms with Crippen LogP contribution in [-0.4, -0.2) is 18.1 Å². The largest absolute Gasteiger partial charge is 0.493 e. The number of rotatable bonds is 6. The van der Waals surface area contributed by atoms with E-state index in [4.69, 9.17) is 23.2 Å². The van der Waals surface area contributed by atoms with Gasteiger partial charge in [0, 0.05) is 12.1 Å². The lowest BCUT2D eigenvalue weighted by atomic mass is 10.1. The summed E-state index contributed by atoms with van der Waals surface area (Å²) in [5, 5.41) is 26.4. The Bertz CT molecular complexity index is 1200. The van der Waals surface area contributed by atoms with E-state index in [-0.39, 0.29) is 34.1 Å². The highest BCUT2D eigenvalue weighted by atomic mass is 35.5. The lowest BCUT2D eigenvalue weighted by Crippen LogP contribution is -2.22. The van der Waals surface area contributed by atoms with Crippen molar-refractivity contribution in [3.63, 3.8) is 0 Å². The van der Waals surface area contributed by atoms with Crippen LogP contribution in [0.1, 0.15) is 30.9 Å². The first kappa shape index (κ1) is 22.8. The number of nitriles is 1. The zero-order chi connectivity index (χ0) is 21.9. The van der Waals surface area contributed by atoms with Gasteiger partial charge in [0.25, 0.3) is 5.56 Å². The molecule has 2 rings (SSSR count). The van der Waals surface area contributed by atoms with Gasteiger partial charge < -0.3 is 5.11 Å². The van der Waals surface area contributed by atoms with E-state index in [0.29, 0.717) is 6.42 Å². The highest BCUT2D eigenvalue weighted by molar-refractivity contribution is 7.86. The van der Waals surface area contributed by atoms with Crippen LogP contribution in [0.4, 0.5) is 15.3 Å². The van der Waals surface area contributed by atoms with Crippen molar-refractivity contribution in [2.75, 3.05) is 0 Å². The Balaban J connectivity index is 2.63. The van der Waals surface area contributed by atoms with Crippen LogP contribution in [0.15, 0.2) is 32.1 Å². The van der Waals surface area contributed by atoms with Crippen molar-refractivity contribution in [3.05, 3.63) is 43.7 Å². The van der Waals surface area contributed by atoms with E-state index in [2.05, 4.69) is 10.2 Å². The van der Waals surface area contributed by atoms with E-state index in [1.54, 1.807) is 0 Å². The average molecular weight is 461 g/mol. The monoisotopic (exact) mass is 460 g/mol. The fourth-order valence-electron chi connectivity index (χ4n) is 2.47. The summed E-state index contributed by atoms with van der Waals surface area (Å²) in [6.07, 6.45) is 1.33. The number of hydrogen-bond acceptors (Lipinski definition) is 7. The molecule has 0 spiro atoms. The van der Waals surface area contributed by atoms with E-state index in [1.165, 1.54) is 6.92 Å². The van der Waals surface area contributed by atoms with Gasteiger partial charge in [-0.15, -0.1) is 14.1 Å². The topological polar surface area (TPSA) is 125 Å². The molecule has 1 heterocycles. The molecule has 12 heteroatoms. The molecule has 0 aliphatic rings. The molecule has 29 heavy (non-hydrogen) atoms. The third-order valence-electron chi connectivity index (χ3n) is 4.03. The maximum absolute atomic E-state index is 13.2. The molecule has 1 aromatic carbocycles. The summed E-state index contributed by atoms with van der Waals surface area (Å²) in [7, 11) is -5.09. The minimum Gasteiger partial charge on any atom is -0.493 e. The van der Waals surface area contributed by atoms with Crippen LogP contribution in [0.5, 0.6) is 5.88 Å². The Morgan fingerprint density at radius 3 is 2.48 bits per heavy atom. The second-order valence-electron chi connectivity index (χ2n) is 5.97. The predicted molar refractivity (Wildman–Crippen MR) is 106 cm³/mol. The molecule has 8 nitrogen and oxygen atoms in total. The number of azo groups is 1. The number of benzene rings is 1. The molecule has 0 fully saturated rings. The lowest BCUT2D eigenvalue weighted by Gasteiger charge is -2.12. The van der Waals surface area contributed by atoms with Crippen LogP contribution in [0.2, 0.25) is 10.0 Å². The minimum absolute atomic E-state index is 0.108. The molecule has 154 valence electrons. The molecule has 0 saturated heterocycles. The molecule has 1 N–H and O–H groups in total. The molecule has 2 aromatic rings. The molecule has 0 bridgehead atoms. The van der Waals surface area contributed by atoms with E-state index in [0.717, 1.165) is 23.1 Å². The van der Waals surface area contributed by atoms with Crippen molar-refractivity contribution in [1.29, 1.82) is 5.26 Å². The van der Waals surface area contributed by atoms with Crippen LogP contribution < -0.4 is 5.56 Å². The Morgan fingerprint density at radius 1 is 1.28 bits per heavy atom. The molecular weight excluding hydrogens is 446 g/mol. The van der Waals surface area contributed by atoms with Crippen molar-refractivity contribution in [2.45, 2.75) is 38.1 Å². The van der Waals surface area contributed by atoms with Crippen molar-refractivity contribution >= 4 is 44.8 Å². The smallest absolute Gasteiger partial charge is 0.333 e. The fraction of sp³-hybridized carbons (Fsp3) is 0.294. The van der Waals surface area contributed by atoms with E-state index < -0.39 is 31.6 Å². The second-order valence-corrected chi connectivity index (χ2v) is 8.10. The number of pyridine rings is 1. The summed E-state index contributed by atoms with van der Waals surface area (Å²) >= 11 is 11.7. The third-order valence-corrected chi connectivity index (χ3v) is 5.62. The SMILES string of the molecule is CCCCn1c(O)c(C#N)c(C)c(N=Nc2cc(Cl)c(S(=O)(=O)F)cc2Cl)c1=O. The standard InChI is InChI=1S/C17H15Cl2FN4O4S/c1-3-4-5-24-16(25)10(8-21)9(2)15(17(24)26)23-22-13-6-12(19)14(7-11(13)18)29(20,27)28/h6-7,25H,3-5H2,1-2H3. The lowest BCUT2D eigenvalue weighted by molar-refractivity contribution is 0.399. The predicted octanol–water partition coefficient (Wildman–Crippen LogP) is 4.91. The Hall–Kier alpha value is -2.48. The first-order chi connectivity index (χ1) is 13.5. The van der Waals surface area contributed by atoms with Crippen LogP contribution in [0, 0.1) is 18.3 Å². The number of hydrogen-bond donors (Lipinski definition) is 1. The summed E-state index contributed by atoms with van der Waals surface area (Å²) in [6.45, 7) is 3.49. The molecule has 0 amide bonds. The minimum atomic E-state index is -5.09. The zero-order valence-electron chi connectivity index (χ0n) is 15.3. The summed E-state index contributed by atoms with van der Waals surface area (Å²) in [4.78, 5) is 11.9. The average Bonchev–Trinajstić information content (AvgIpc) is 2.63. The van der Waals surface area contributed by atoms with Gasteiger partial charge in [0.1, 0.15) is 22.2 Å². The molecule has 0 atom stereocenters. The normalized spacial score (nSPS) is 11.7. The van der Waals surface area contributed by atoms with Gasteiger partial charge in [-0.2, -0.15) is 13.7 Å². The summed E-state index contributed by atoms with van der Waals surface area (Å²) in [6, 6.07) is 3.58. The van der Waals surface area contributed by atoms with Gasteiger partial charge in [0.15, 0.2) is 5.69 Å². The first-order valence-corrected chi connectivity index (χ1v) is 10.4. The number of nitrogens with zero attached hydrogens (tertiary/aromatic N) is 4. The molecule has 0 aliphatic carbocycles. The molecular formula is C17H15Cl2FN4O4S. The van der Waals surface area contributed by atoms with Gasteiger partial charge in [-0.05, 0) is 25.5 Å². The third kappa shape index (κ3) is 4.75. The Labute approximate surface area is 176 Å². The zero-order valence-corrected chi connectivity index (χ0v) is 17.6. The maximum atomic E-state index is 13.2. The van der Waals surface area contributed by atoms with E-state index in [1.807, 2.05) is 13.0 Å². The Kier molecular flexibility index (Phi) is 7.00. The van der Waals surface area contributed by atoms with Crippen molar-refractivity contribution in [3.8, 4) is 11.9 Å². The van der Waals surface area contributed by atoms with Gasteiger partial charge in [-0.25, -0.2) is 0 Å². The fourth-order valence-corrected chi connectivity index (χ4v) is 3.72. The van der Waals surface area contributed by atoms with Crippen LogP contribution in [0.3, 0.4) is 0 Å².